The minimum atomic E-state index is -0.608. The number of pyridine rings is 1. The number of aromatic hydroxyl groups is 1. The molecule has 1 aromatic heterocycles. The Morgan fingerprint density at radius 1 is 1.38 bits per heavy atom. The highest BCUT2D eigenvalue weighted by atomic mass is 16.6. The van der Waals surface area contributed by atoms with Crippen LogP contribution in [0.25, 0.3) is 0 Å². The first kappa shape index (κ1) is 15.9. The Bertz CT molecular complexity index is 806. The number of benzene rings is 1. The number of nitro benzene ring substituents is 1. The molecule has 2 aromatic rings. The number of hydrogen-bond donors (Lipinski definition) is 1. The van der Waals surface area contributed by atoms with Crippen LogP contribution in [0.4, 0.5) is 5.69 Å². The van der Waals surface area contributed by atoms with E-state index >= 15 is 0 Å². The maximum absolute atomic E-state index is 12.8. The first-order valence-corrected chi connectivity index (χ1v) is 7.69. The molecule has 1 aliphatic rings. The quantitative estimate of drug-likeness (QED) is 0.690. The Balaban J connectivity index is 1.90. The van der Waals surface area contributed by atoms with Gasteiger partial charge in [-0.25, -0.2) is 0 Å². The normalized spacial score (nSPS) is 17.0. The lowest BCUT2D eigenvalue weighted by molar-refractivity contribution is -0.384. The van der Waals surface area contributed by atoms with E-state index in [1.54, 1.807) is 4.90 Å². The van der Waals surface area contributed by atoms with Crippen molar-refractivity contribution >= 4 is 11.6 Å². The summed E-state index contributed by atoms with van der Waals surface area (Å²) in [7, 11) is 0. The van der Waals surface area contributed by atoms with E-state index in [1.165, 1.54) is 12.1 Å². The van der Waals surface area contributed by atoms with Gasteiger partial charge in [0.25, 0.3) is 11.6 Å². The predicted octanol–water partition coefficient (Wildman–Crippen LogP) is 2.98. The third kappa shape index (κ3) is 2.92. The first-order chi connectivity index (χ1) is 11.5. The lowest BCUT2D eigenvalue weighted by atomic mass is 10.1. The van der Waals surface area contributed by atoms with E-state index in [1.807, 2.05) is 25.1 Å². The van der Waals surface area contributed by atoms with Gasteiger partial charge in [0.2, 0.25) is 0 Å². The van der Waals surface area contributed by atoms with Crippen molar-refractivity contribution in [1.82, 2.24) is 9.88 Å². The molecule has 1 saturated heterocycles. The summed E-state index contributed by atoms with van der Waals surface area (Å²) in [5.41, 5.74) is 1.52. The molecule has 0 saturated carbocycles. The number of carbonyl (C=O) groups is 1. The fourth-order valence-electron chi connectivity index (χ4n) is 3.04. The molecule has 7 nitrogen and oxygen atoms in total. The number of nitro groups is 1. The van der Waals surface area contributed by atoms with Gasteiger partial charge < -0.3 is 10.0 Å². The molecular weight excluding hydrogens is 310 g/mol. The third-order valence-electron chi connectivity index (χ3n) is 4.19. The van der Waals surface area contributed by atoms with Gasteiger partial charge >= 0.3 is 0 Å². The van der Waals surface area contributed by atoms with E-state index in [2.05, 4.69) is 4.98 Å². The Kier molecular flexibility index (Phi) is 4.16. The molecule has 0 aliphatic carbocycles. The summed E-state index contributed by atoms with van der Waals surface area (Å²) >= 11 is 0. The van der Waals surface area contributed by atoms with Crippen LogP contribution in [0.2, 0.25) is 0 Å². The Morgan fingerprint density at radius 2 is 2.17 bits per heavy atom. The highest BCUT2D eigenvalue weighted by Gasteiger charge is 2.32. The summed E-state index contributed by atoms with van der Waals surface area (Å²) in [6, 6.07) is 9.07. The second-order valence-electron chi connectivity index (χ2n) is 5.82. The summed E-state index contributed by atoms with van der Waals surface area (Å²) in [5.74, 6) is -0.717. The number of rotatable bonds is 3. The Labute approximate surface area is 138 Å². The van der Waals surface area contributed by atoms with Crippen molar-refractivity contribution in [2.75, 3.05) is 6.54 Å². The molecule has 3 rings (SSSR count). The van der Waals surface area contributed by atoms with Crippen LogP contribution in [0.5, 0.6) is 5.75 Å². The molecule has 24 heavy (non-hydrogen) atoms. The van der Waals surface area contributed by atoms with Gasteiger partial charge in [0.05, 0.1) is 28.3 Å². The molecule has 1 N–H and O–H groups in total. The highest BCUT2D eigenvalue weighted by molar-refractivity contribution is 5.97. The van der Waals surface area contributed by atoms with Crippen molar-refractivity contribution in [1.29, 1.82) is 0 Å². The van der Waals surface area contributed by atoms with Crippen molar-refractivity contribution in [3.63, 3.8) is 0 Å². The number of nitrogens with zero attached hydrogens (tertiary/aromatic N) is 3. The monoisotopic (exact) mass is 327 g/mol. The maximum atomic E-state index is 12.8. The number of phenols is 1. The van der Waals surface area contributed by atoms with E-state index in [-0.39, 0.29) is 28.9 Å². The van der Waals surface area contributed by atoms with Crippen LogP contribution in [0.3, 0.4) is 0 Å². The highest BCUT2D eigenvalue weighted by Crippen LogP contribution is 2.34. The zero-order chi connectivity index (χ0) is 17.3. The topological polar surface area (TPSA) is 96.6 Å². The summed E-state index contributed by atoms with van der Waals surface area (Å²) in [6.45, 7) is 2.46. The van der Waals surface area contributed by atoms with Crippen LogP contribution in [0.15, 0.2) is 36.4 Å². The fourth-order valence-corrected chi connectivity index (χ4v) is 3.04. The van der Waals surface area contributed by atoms with Crippen molar-refractivity contribution in [2.45, 2.75) is 25.8 Å². The fraction of sp³-hybridized carbons (Fsp3) is 0.294. The number of phenolic OH excluding ortho intramolecular Hbond substituents is 1. The van der Waals surface area contributed by atoms with Gasteiger partial charge in [0.1, 0.15) is 5.75 Å². The van der Waals surface area contributed by atoms with E-state index < -0.39 is 4.92 Å². The van der Waals surface area contributed by atoms with Crippen LogP contribution in [0.1, 0.15) is 40.6 Å². The summed E-state index contributed by atoms with van der Waals surface area (Å²) in [6.07, 6.45) is 1.65. The smallest absolute Gasteiger partial charge is 0.273 e. The lowest BCUT2D eigenvalue weighted by Crippen LogP contribution is -2.31. The molecule has 1 amide bonds. The van der Waals surface area contributed by atoms with E-state index in [0.717, 1.165) is 30.3 Å². The minimum Gasteiger partial charge on any atom is -0.507 e. The van der Waals surface area contributed by atoms with Gasteiger partial charge in [-0.1, -0.05) is 6.07 Å². The number of hydrogen-bond acceptors (Lipinski definition) is 5. The standard InChI is InChI=1S/C17H17N3O4/c1-11-4-2-5-14(18-11)15-6-3-9-19(15)17(22)13-8-7-12(20(23)24)10-16(13)21/h2,4-5,7-8,10,15,21H,3,6,9H2,1H3. The lowest BCUT2D eigenvalue weighted by Gasteiger charge is -2.25. The molecule has 1 atom stereocenters. The molecule has 1 aromatic carbocycles. The maximum Gasteiger partial charge on any atom is 0.273 e. The van der Waals surface area contributed by atoms with Gasteiger partial charge in [0.15, 0.2) is 0 Å². The number of carbonyl (C=O) groups excluding carboxylic acids is 1. The second-order valence-corrected chi connectivity index (χ2v) is 5.82. The van der Waals surface area contributed by atoms with Crippen LogP contribution < -0.4 is 0 Å². The number of non-ortho nitro benzene ring substituents is 1. The number of aromatic nitrogens is 1. The van der Waals surface area contributed by atoms with Crippen molar-refractivity contribution < 1.29 is 14.8 Å². The minimum absolute atomic E-state index is 0.0696. The number of likely N-dealkylation sites (tertiary alicyclic amines) is 1. The summed E-state index contributed by atoms with van der Waals surface area (Å²) in [4.78, 5) is 29.1. The van der Waals surface area contributed by atoms with Crippen molar-refractivity contribution in [3.05, 3.63) is 63.5 Å². The first-order valence-electron chi connectivity index (χ1n) is 7.69. The Hall–Kier alpha value is -2.96. The third-order valence-corrected chi connectivity index (χ3v) is 4.19. The van der Waals surface area contributed by atoms with Gasteiger partial charge in [-0.2, -0.15) is 0 Å². The average Bonchev–Trinajstić information content (AvgIpc) is 3.03. The van der Waals surface area contributed by atoms with Crippen LogP contribution >= 0.6 is 0 Å². The van der Waals surface area contributed by atoms with Crippen LogP contribution in [0, 0.1) is 17.0 Å². The molecule has 7 heteroatoms. The molecule has 1 unspecified atom stereocenters. The van der Waals surface area contributed by atoms with Gasteiger partial charge in [0, 0.05) is 18.3 Å². The van der Waals surface area contributed by atoms with Gasteiger partial charge in [-0.05, 0) is 38.0 Å². The van der Waals surface area contributed by atoms with Crippen molar-refractivity contribution in [2.24, 2.45) is 0 Å². The second kappa shape index (κ2) is 6.27. The summed E-state index contributed by atoms with van der Waals surface area (Å²) < 4.78 is 0. The van der Waals surface area contributed by atoms with Gasteiger partial charge in [-0.3, -0.25) is 19.9 Å². The zero-order valence-electron chi connectivity index (χ0n) is 13.2. The van der Waals surface area contributed by atoms with E-state index in [9.17, 15) is 20.0 Å². The molecule has 1 aliphatic heterocycles. The molecule has 0 bridgehead atoms. The molecule has 124 valence electrons. The zero-order valence-corrected chi connectivity index (χ0v) is 13.2. The molecular formula is C17H17N3O4. The SMILES string of the molecule is Cc1cccc(C2CCCN2C(=O)c2ccc([N+](=O)[O-])cc2O)n1. The molecule has 0 spiro atoms. The number of amides is 1. The predicted molar refractivity (Wildman–Crippen MR) is 86.7 cm³/mol. The van der Waals surface area contributed by atoms with Crippen LogP contribution in [-0.4, -0.2) is 32.4 Å². The molecule has 1 fully saturated rings. The van der Waals surface area contributed by atoms with E-state index in [4.69, 9.17) is 0 Å². The summed E-state index contributed by atoms with van der Waals surface area (Å²) in [5, 5.41) is 20.8. The molecule has 0 radical (unpaired) electrons. The van der Waals surface area contributed by atoms with Gasteiger partial charge in [-0.15, -0.1) is 0 Å². The average molecular weight is 327 g/mol. The number of aryl methyl sites for hydroxylation is 1. The van der Waals surface area contributed by atoms with Crippen molar-refractivity contribution in [3.8, 4) is 5.75 Å². The largest absolute Gasteiger partial charge is 0.507 e. The Morgan fingerprint density at radius 3 is 2.83 bits per heavy atom. The molecule has 2 heterocycles. The van der Waals surface area contributed by atoms with E-state index in [0.29, 0.717) is 6.54 Å². The van der Waals surface area contributed by atoms with Crippen LogP contribution in [-0.2, 0) is 0 Å².